The molecule has 0 saturated heterocycles. The maximum Gasteiger partial charge on any atom is 0.259 e. The third-order valence-electron chi connectivity index (χ3n) is 5.17. The van der Waals surface area contributed by atoms with E-state index in [1.807, 2.05) is 62.4 Å². The standard InChI is InChI=1S/C24H21NO2/c1-16-11-12-17(2)21(15-16)23(26)19-8-4-5-9-20(19)24(27)25-14-13-18-7-3-6-10-22(18)25/h3-12,15H,13-14H2,1-2H3. The van der Waals surface area contributed by atoms with E-state index >= 15 is 0 Å². The molecular formula is C24H21NO2. The van der Waals surface area contributed by atoms with Crippen molar-refractivity contribution in [1.82, 2.24) is 0 Å². The van der Waals surface area contributed by atoms with Crippen LogP contribution in [0.25, 0.3) is 0 Å². The Labute approximate surface area is 159 Å². The van der Waals surface area contributed by atoms with E-state index in [4.69, 9.17) is 0 Å². The summed E-state index contributed by atoms with van der Waals surface area (Å²) in [5, 5.41) is 0. The lowest BCUT2D eigenvalue weighted by atomic mass is 9.94. The van der Waals surface area contributed by atoms with Crippen LogP contribution in [-0.2, 0) is 6.42 Å². The molecule has 1 aliphatic rings. The highest BCUT2D eigenvalue weighted by Crippen LogP contribution is 2.30. The largest absolute Gasteiger partial charge is 0.308 e. The van der Waals surface area contributed by atoms with Gasteiger partial charge in [0.05, 0.1) is 5.56 Å². The van der Waals surface area contributed by atoms with E-state index in [1.165, 1.54) is 5.56 Å². The van der Waals surface area contributed by atoms with Gasteiger partial charge in [-0.1, -0.05) is 54.1 Å². The summed E-state index contributed by atoms with van der Waals surface area (Å²) in [4.78, 5) is 28.3. The molecule has 0 fully saturated rings. The number of aryl methyl sites for hydroxylation is 2. The average molecular weight is 355 g/mol. The molecule has 1 amide bonds. The van der Waals surface area contributed by atoms with Gasteiger partial charge in [-0.05, 0) is 49.6 Å². The first-order valence-electron chi connectivity index (χ1n) is 9.17. The Kier molecular flexibility index (Phi) is 4.36. The summed E-state index contributed by atoms with van der Waals surface area (Å²) in [6.45, 7) is 4.53. The van der Waals surface area contributed by atoms with Crippen LogP contribution in [0.3, 0.4) is 0 Å². The summed E-state index contributed by atoms with van der Waals surface area (Å²) in [6, 6.07) is 20.9. The number of fused-ring (bicyclic) bond motifs is 1. The molecule has 0 spiro atoms. The van der Waals surface area contributed by atoms with Crippen LogP contribution in [-0.4, -0.2) is 18.2 Å². The number of para-hydroxylation sites is 1. The van der Waals surface area contributed by atoms with Gasteiger partial charge in [-0.25, -0.2) is 0 Å². The molecule has 1 heterocycles. The van der Waals surface area contributed by atoms with Crippen LogP contribution in [0, 0.1) is 13.8 Å². The number of rotatable bonds is 3. The number of anilines is 1. The molecule has 0 N–H and O–H groups in total. The fraction of sp³-hybridized carbons (Fsp3) is 0.167. The maximum absolute atomic E-state index is 13.3. The zero-order valence-corrected chi connectivity index (χ0v) is 15.5. The fourth-order valence-electron chi connectivity index (χ4n) is 3.69. The minimum Gasteiger partial charge on any atom is -0.308 e. The van der Waals surface area contributed by atoms with Crippen LogP contribution in [0.5, 0.6) is 0 Å². The Morgan fingerprint density at radius 1 is 0.815 bits per heavy atom. The summed E-state index contributed by atoms with van der Waals surface area (Å²) < 4.78 is 0. The third kappa shape index (κ3) is 3.06. The van der Waals surface area contributed by atoms with Crippen molar-refractivity contribution in [2.75, 3.05) is 11.4 Å². The predicted octanol–water partition coefficient (Wildman–Crippen LogP) is 4.74. The topological polar surface area (TPSA) is 37.4 Å². The Morgan fingerprint density at radius 3 is 2.33 bits per heavy atom. The number of hydrogen-bond acceptors (Lipinski definition) is 2. The highest BCUT2D eigenvalue weighted by atomic mass is 16.2. The molecule has 3 heteroatoms. The molecule has 0 unspecified atom stereocenters. The number of carbonyl (C=O) groups is 2. The summed E-state index contributed by atoms with van der Waals surface area (Å²) in [6.07, 6.45) is 0.842. The number of amides is 1. The summed E-state index contributed by atoms with van der Waals surface area (Å²) in [7, 11) is 0. The van der Waals surface area contributed by atoms with Crippen LogP contribution in [0.4, 0.5) is 5.69 Å². The van der Waals surface area contributed by atoms with Gasteiger partial charge in [0.2, 0.25) is 0 Å². The number of carbonyl (C=O) groups excluding carboxylic acids is 2. The fourth-order valence-corrected chi connectivity index (χ4v) is 3.69. The van der Waals surface area contributed by atoms with E-state index in [2.05, 4.69) is 6.07 Å². The molecule has 4 rings (SSSR count). The molecule has 3 aromatic rings. The number of nitrogens with zero attached hydrogens (tertiary/aromatic N) is 1. The molecule has 0 aliphatic carbocycles. The molecule has 1 aliphatic heterocycles. The smallest absolute Gasteiger partial charge is 0.259 e. The monoisotopic (exact) mass is 355 g/mol. The van der Waals surface area contributed by atoms with E-state index in [9.17, 15) is 9.59 Å². The number of ketones is 1. The second kappa shape index (κ2) is 6.84. The van der Waals surface area contributed by atoms with Crippen molar-refractivity contribution in [3.63, 3.8) is 0 Å². The Bertz CT molecular complexity index is 1050. The first-order chi connectivity index (χ1) is 13.1. The lowest BCUT2D eigenvalue weighted by Crippen LogP contribution is -2.30. The molecule has 3 aromatic carbocycles. The normalized spacial score (nSPS) is 12.7. The summed E-state index contributed by atoms with van der Waals surface area (Å²) in [5.74, 6) is -0.221. The number of hydrogen-bond donors (Lipinski definition) is 0. The van der Waals surface area contributed by atoms with Crippen molar-refractivity contribution in [2.24, 2.45) is 0 Å². The summed E-state index contributed by atoms with van der Waals surface area (Å²) in [5.41, 5.74) is 5.62. The maximum atomic E-state index is 13.3. The molecule has 3 nitrogen and oxygen atoms in total. The van der Waals surface area contributed by atoms with Gasteiger partial charge in [0.25, 0.3) is 5.91 Å². The van der Waals surface area contributed by atoms with Crippen molar-refractivity contribution >= 4 is 17.4 Å². The zero-order chi connectivity index (χ0) is 19.0. The van der Waals surface area contributed by atoms with Crippen LogP contribution < -0.4 is 4.90 Å². The SMILES string of the molecule is Cc1ccc(C)c(C(=O)c2ccccc2C(=O)N2CCc3ccccc32)c1. The van der Waals surface area contributed by atoms with E-state index in [0.29, 0.717) is 23.2 Å². The van der Waals surface area contributed by atoms with E-state index < -0.39 is 0 Å². The lowest BCUT2D eigenvalue weighted by Gasteiger charge is -2.19. The van der Waals surface area contributed by atoms with Gasteiger partial charge in [0.1, 0.15) is 0 Å². The van der Waals surface area contributed by atoms with Gasteiger partial charge in [0, 0.05) is 23.4 Å². The van der Waals surface area contributed by atoms with E-state index in [0.717, 1.165) is 23.2 Å². The van der Waals surface area contributed by atoms with Crippen LogP contribution in [0.1, 0.15) is 43.0 Å². The Morgan fingerprint density at radius 2 is 1.52 bits per heavy atom. The zero-order valence-electron chi connectivity index (χ0n) is 15.5. The highest BCUT2D eigenvalue weighted by Gasteiger charge is 2.28. The van der Waals surface area contributed by atoms with Gasteiger partial charge in [-0.2, -0.15) is 0 Å². The van der Waals surface area contributed by atoms with E-state index in [1.54, 1.807) is 17.0 Å². The van der Waals surface area contributed by atoms with Crippen molar-refractivity contribution in [3.8, 4) is 0 Å². The molecular weight excluding hydrogens is 334 g/mol. The molecule has 0 radical (unpaired) electrons. The highest BCUT2D eigenvalue weighted by molar-refractivity contribution is 6.19. The first kappa shape index (κ1) is 17.2. The van der Waals surface area contributed by atoms with Crippen LogP contribution in [0.15, 0.2) is 66.7 Å². The second-order valence-electron chi connectivity index (χ2n) is 7.03. The van der Waals surface area contributed by atoms with Crippen molar-refractivity contribution in [2.45, 2.75) is 20.3 Å². The first-order valence-corrected chi connectivity index (χ1v) is 9.17. The molecule has 0 atom stereocenters. The quantitative estimate of drug-likeness (QED) is 0.637. The van der Waals surface area contributed by atoms with Gasteiger partial charge < -0.3 is 4.90 Å². The molecule has 0 aromatic heterocycles. The van der Waals surface area contributed by atoms with Crippen molar-refractivity contribution < 1.29 is 9.59 Å². The van der Waals surface area contributed by atoms with E-state index in [-0.39, 0.29) is 11.7 Å². The Balaban J connectivity index is 1.75. The molecule has 0 saturated carbocycles. The van der Waals surface area contributed by atoms with Gasteiger partial charge in [-0.3, -0.25) is 9.59 Å². The minimum absolute atomic E-state index is 0.104. The second-order valence-corrected chi connectivity index (χ2v) is 7.03. The van der Waals surface area contributed by atoms with Crippen LogP contribution >= 0.6 is 0 Å². The molecule has 134 valence electrons. The predicted molar refractivity (Wildman–Crippen MR) is 108 cm³/mol. The average Bonchev–Trinajstić information content (AvgIpc) is 3.13. The van der Waals surface area contributed by atoms with Gasteiger partial charge in [0.15, 0.2) is 5.78 Å². The van der Waals surface area contributed by atoms with Crippen molar-refractivity contribution in [3.05, 3.63) is 100 Å². The third-order valence-corrected chi connectivity index (χ3v) is 5.17. The summed E-state index contributed by atoms with van der Waals surface area (Å²) >= 11 is 0. The number of benzene rings is 3. The van der Waals surface area contributed by atoms with Crippen molar-refractivity contribution in [1.29, 1.82) is 0 Å². The minimum atomic E-state index is -0.116. The van der Waals surface area contributed by atoms with Crippen LogP contribution in [0.2, 0.25) is 0 Å². The lowest BCUT2D eigenvalue weighted by molar-refractivity contribution is 0.0972. The molecule has 27 heavy (non-hydrogen) atoms. The van der Waals surface area contributed by atoms with Gasteiger partial charge in [-0.15, -0.1) is 0 Å². The van der Waals surface area contributed by atoms with Gasteiger partial charge >= 0.3 is 0 Å². The molecule has 0 bridgehead atoms. The Hall–Kier alpha value is -3.20.